The maximum Gasteiger partial charge on any atom is 0.287 e. The van der Waals surface area contributed by atoms with Crippen LogP contribution in [0, 0.1) is 20.2 Å². The molecule has 15 heavy (non-hydrogen) atoms. The van der Waals surface area contributed by atoms with Crippen LogP contribution in [0.1, 0.15) is 0 Å². The summed E-state index contributed by atoms with van der Waals surface area (Å²) in [5.41, 5.74) is -0.387. The Hall–Kier alpha value is -2.51. The molecule has 2 rings (SSSR count). The lowest BCUT2D eigenvalue weighted by Crippen LogP contribution is -1.93. The molecule has 1 aromatic carbocycles. The molecule has 1 heterocycles. The topological polar surface area (TPSA) is 115 Å². The summed E-state index contributed by atoms with van der Waals surface area (Å²) in [4.78, 5) is 19.8. The van der Waals surface area contributed by atoms with E-state index in [0.29, 0.717) is 0 Å². The zero-order valence-electron chi connectivity index (χ0n) is 7.21. The molecule has 0 unspecified atom stereocenters. The van der Waals surface area contributed by atoms with E-state index in [2.05, 4.69) is 10.2 Å². The molecule has 8 heteroatoms. The molecule has 1 N–H and O–H groups in total. The summed E-state index contributed by atoms with van der Waals surface area (Å²) in [6, 6.07) is 2.12. The molecule has 8 nitrogen and oxygen atoms in total. The SMILES string of the molecule is O=[N+]([O-])c1cc([N+](=O)[O-])c2cn[nH]c2c1. The van der Waals surface area contributed by atoms with Gasteiger partial charge in [-0.15, -0.1) is 0 Å². The number of fused-ring (bicyclic) bond motifs is 1. The van der Waals surface area contributed by atoms with Crippen molar-refractivity contribution in [1.29, 1.82) is 0 Å². The average Bonchev–Trinajstić information content (AvgIpc) is 2.62. The number of hydrogen-bond donors (Lipinski definition) is 1. The van der Waals surface area contributed by atoms with E-state index >= 15 is 0 Å². The van der Waals surface area contributed by atoms with E-state index in [4.69, 9.17) is 0 Å². The van der Waals surface area contributed by atoms with Crippen LogP contribution in [-0.2, 0) is 0 Å². The standard InChI is InChI=1S/C7H4N4O4/c12-10(13)4-1-6-5(3-8-9-6)7(2-4)11(14)15/h1-3H,(H,8,9). The largest absolute Gasteiger partial charge is 0.287 e. The third kappa shape index (κ3) is 1.37. The molecular formula is C7H4N4O4. The highest BCUT2D eigenvalue weighted by Crippen LogP contribution is 2.29. The van der Waals surface area contributed by atoms with Gasteiger partial charge in [-0.3, -0.25) is 25.3 Å². The number of nitro groups is 2. The van der Waals surface area contributed by atoms with E-state index in [9.17, 15) is 20.2 Å². The minimum atomic E-state index is -0.687. The van der Waals surface area contributed by atoms with E-state index in [0.717, 1.165) is 6.07 Å². The van der Waals surface area contributed by atoms with Gasteiger partial charge in [0.2, 0.25) is 0 Å². The van der Waals surface area contributed by atoms with Gasteiger partial charge in [0.15, 0.2) is 0 Å². The Morgan fingerprint density at radius 2 is 1.93 bits per heavy atom. The van der Waals surface area contributed by atoms with Gasteiger partial charge in [-0.2, -0.15) is 5.10 Å². The van der Waals surface area contributed by atoms with Crippen molar-refractivity contribution in [3.8, 4) is 0 Å². The Labute approximate surface area is 81.8 Å². The number of aromatic amines is 1. The van der Waals surface area contributed by atoms with Gasteiger partial charge < -0.3 is 0 Å². The lowest BCUT2D eigenvalue weighted by molar-refractivity contribution is -0.393. The summed E-state index contributed by atoms with van der Waals surface area (Å²) >= 11 is 0. The predicted octanol–water partition coefficient (Wildman–Crippen LogP) is 1.38. The molecule has 0 aliphatic heterocycles. The lowest BCUT2D eigenvalue weighted by atomic mass is 10.2. The number of non-ortho nitro benzene ring substituents is 2. The molecular weight excluding hydrogens is 204 g/mol. The fourth-order valence-corrected chi connectivity index (χ4v) is 1.27. The van der Waals surface area contributed by atoms with E-state index in [-0.39, 0.29) is 22.3 Å². The summed E-state index contributed by atoms with van der Waals surface area (Å²) in [7, 11) is 0. The normalized spacial score (nSPS) is 10.4. The molecule has 0 saturated heterocycles. The minimum absolute atomic E-state index is 0.255. The molecule has 76 valence electrons. The number of rotatable bonds is 2. The molecule has 0 atom stereocenters. The summed E-state index contributed by atoms with van der Waals surface area (Å²) in [5.74, 6) is 0. The van der Waals surface area contributed by atoms with Crippen molar-refractivity contribution in [1.82, 2.24) is 10.2 Å². The molecule has 1 aromatic heterocycles. The third-order valence-corrected chi connectivity index (χ3v) is 1.93. The predicted molar refractivity (Wildman–Crippen MR) is 49.4 cm³/mol. The van der Waals surface area contributed by atoms with Crippen LogP contribution in [0.3, 0.4) is 0 Å². The molecule has 0 spiro atoms. The highest BCUT2D eigenvalue weighted by atomic mass is 16.6. The van der Waals surface area contributed by atoms with Crippen LogP contribution in [0.5, 0.6) is 0 Å². The average molecular weight is 208 g/mol. The van der Waals surface area contributed by atoms with E-state index in [1.54, 1.807) is 0 Å². The smallest absolute Gasteiger partial charge is 0.277 e. The second-order valence-corrected chi connectivity index (χ2v) is 2.81. The Balaban J connectivity index is 2.80. The van der Waals surface area contributed by atoms with Crippen molar-refractivity contribution >= 4 is 22.3 Å². The highest BCUT2D eigenvalue weighted by Gasteiger charge is 2.19. The first-order valence-electron chi connectivity index (χ1n) is 3.85. The third-order valence-electron chi connectivity index (χ3n) is 1.93. The molecule has 0 aliphatic rings. The van der Waals surface area contributed by atoms with Crippen molar-refractivity contribution < 1.29 is 9.85 Å². The molecule has 0 radical (unpaired) electrons. The van der Waals surface area contributed by atoms with Crippen LogP contribution in [0.4, 0.5) is 11.4 Å². The molecule has 2 aromatic rings. The van der Waals surface area contributed by atoms with E-state index in [1.807, 2.05) is 0 Å². The van der Waals surface area contributed by atoms with Crippen LogP contribution in [0.2, 0.25) is 0 Å². The minimum Gasteiger partial charge on any atom is -0.277 e. The quantitative estimate of drug-likeness (QED) is 0.591. The number of hydrogen-bond acceptors (Lipinski definition) is 5. The summed E-state index contributed by atoms with van der Waals surface area (Å²) in [6.45, 7) is 0. The fraction of sp³-hybridized carbons (Fsp3) is 0. The van der Waals surface area contributed by atoms with Gasteiger partial charge in [0.1, 0.15) is 0 Å². The maximum absolute atomic E-state index is 10.6. The van der Waals surface area contributed by atoms with E-state index in [1.165, 1.54) is 12.3 Å². The van der Waals surface area contributed by atoms with Gasteiger partial charge in [-0.05, 0) is 0 Å². The fourth-order valence-electron chi connectivity index (χ4n) is 1.27. The van der Waals surface area contributed by atoms with Gasteiger partial charge >= 0.3 is 0 Å². The number of benzene rings is 1. The van der Waals surface area contributed by atoms with Gasteiger partial charge in [0.05, 0.1) is 33.0 Å². The van der Waals surface area contributed by atoms with Crippen LogP contribution < -0.4 is 0 Å². The molecule has 0 fully saturated rings. The molecule has 0 amide bonds. The summed E-state index contributed by atoms with van der Waals surface area (Å²) in [5, 5.41) is 27.4. The highest BCUT2D eigenvalue weighted by molar-refractivity contribution is 5.89. The van der Waals surface area contributed by atoms with Gasteiger partial charge in [0.25, 0.3) is 11.4 Å². The zero-order chi connectivity index (χ0) is 11.0. The van der Waals surface area contributed by atoms with Crippen molar-refractivity contribution in [2.24, 2.45) is 0 Å². The Kier molecular flexibility index (Phi) is 1.82. The second-order valence-electron chi connectivity index (χ2n) is 2.81. The Morgan fingerprint density at radius 3 is 2.53 bits per heavy atom. The maximum atomic E-state index is 10.6. The van der Waals surface area contributed by atoms with Gasteiger partial charge in [0, 0.05) is 6.07 Å². The number of nitrogens with one attached hydrogen (secondary N) is 1. The van der Waals surface area contributed by atoms with Crippen molar-refractivity contribution in [3.63, 3.8) is 0 Å². The number of nitro benzene ring substituents is 2. The molecule has 0 aliphatic carbocycles. The Morgan fingerprint density at radius 1 is 1.20 bits per heavy atom. The first-order chi connectivity index (χ1) is 7.09. The first-order valence-corrected chi connectivity index (χ1v) is 3.85. The van der Waals surface area contributed by atoms with Crippen molar-refractivity contribution in [2.75, 3.05) is 0 Å². The molecule has 0 bridgehead atoms. The van der Waals surface area contributed by atoms with Crippen LogP contribution in [0.25, 0.3) is 10.9 Å². The molecule has 0 saturated carbocycles. The van der Waals surface area contributed by atoms with Gasteiger partial charge in [-0.25, -0.2) is 0 Å². The number of nitrogens with zero attached hydrogens (tertiary/aromatic N) is 3. The second kappa shape index (κ2) is 3.01. The van der Waals surface area contributed by atoms with Crippen LogP contribution in [0.15, 0.2) is 18.3 Å². The zero-order valence-corrected chi connectivity index (χ0v) is 7.21. The first kappa shape index (κ1) is 9.06. The van der Waals surface area contributed by atoms with Gasteiger partial charge in [-0.1, -0.05) is 0 Å². The number of H-pyrrole nitrogens is 1. The lowest BCUT2D eigenvalue weighted by Gasteiger charge is -1.94. The van der Waals surface area contributed by atoms with Crippen molar-refractivity contribution in [2.45, 2.75) is 0 Å². The Bertz CT molecular complexity index is 561. The summed E-state index contributed by atoms with van der Waals surface area (Å²) in [6.07, 6.45) is 1.26. The van der Waals surface area contributed by atoms with Crippen molar-refractivity contribution in [3.05, 3.63) is 38.6 Å². The van der Waals surface area contributed by atoms with Crippen LogP contribution in [-0.4, -0.2) is 20.0 Å². The monoisotopic (exact) mass is 208 g/mol. The summed E-state index contributed by atoms with van der Waals surface area (Å²) < 4.78 is 0. The van der Waals surface area contributed by atoms with Crippen LogP contribution >= 0.6 is 0 Å². The number of aromatic nitrogens is 2. The van der Waals surface area contributed by atoms with E-state index < -0.39 is 9.85 Å².